The first-order chi connectivity index (χ1) is 10.1. The fourth-order valence-electron chi connectivity index (χ4n) is 2.23. The highest BCUT2D eigenvalue weighted by molar-refractivity contribution is 7.17. The van der Waals surface area contributed by atoms with Gasteiger partial charge in [-0.25, -0.2) is 4.98 Å². The van der Waals surface area contributed by atoms with Gasteiger partial charge in [0.2, 0.25) is 5.91 Å². The van der Waals surface area contributed by atoms with E-state index in [-0.39, 0.29) is 17.7 Å². The van der Waals surface area contributed by atoms with Crippen molar-refractivity contribution in [3.8, 4) is 0 Å². The normalized spacial score (nSPS) is 18.0. The number of H-pyrrole nitrogens is 1. The van der Waals surface area contributed by atoms with Crippen LogP contribution >= 0.6 is 22.9 Å². The molecule has 0 spiro atoms. The summed E-state index contributed by atoms with van der Waals surface area (Å²) >= 11 is 6.88. The minimum absolute atomic E-state index is 0.103. The monoisotopic (exact) mass is 325 g/mol. The van der Waals surface area contributed by atoms with E-state index in [0.717, 1.165) is 11.3 Å². The first kappa shape index (κ1) is 14.0. The minimum atomic E-state index is -0.216. The number of halogens is 1. The highest BCUT2D eigenvalue weighted by Gasteiger charge is 2.32. The molecule has 1 atom stereocenters. The van der Waals surface area contributed by atoms with Crippen molar-refractivity contribution in [2.24, 2.45) is 5.92 Å². The molecule has 2 N–H and O–H groups in total. The molecule has 0 radical (unpaired) electrons. The van der Waals surface area contributed by atoms with Crippen molar-refractivity contribution in [1.82, 2.24) is 20.1 Å². The average molecular weight is 326 g/mol. The Morgan fingerprint density at radius 2 is 2.33 bits per heavy atom. The highest BCUT2D eigenvalue weighted by atomic mass is 35.5. The van der Waals surface area contributed by atoms with Gasteiger partial charge in [-0.3, -0.25) is 14.7 Å². The number of aromatic nitrogens is 3. The molecule has 2 aromatic heterocycles. The third kappa shape index (κ3) is 3.06. The van der Waals surface area contributed by atoms with E-state index < -0.39 is 0 Å². The fraction of sp³-hybridized carbons (Fsp3) is 0.333. The van der Waals surface area contributed by atoms with Crippen molar-refractivity contribution in [3.05, 3.63) is 27.9 Å². The number of hydrogen-bond donors (Lipinski definition) is 2. The number of rotatable bonds is 3. The van der Waals surface area contributed by atoms with Crippen LogP contribution < -0.4 is 5.32 Å². The Labute approximate surface area is 129 Å². The van der Waals surface area contributed by atoms with E-state index in [1.54, 1.807) is 11.1 Å². The summed E-state index contributed by atoms with van der Waals surface area (Å²) in [5.41, 5.74) is 0.624. The number of hydrogen-bond acceptors (Lipinski definition) is 5. The van der Waals surface area contributed by atoms with Crippen molar-refractivity contribution >= 4 is 40.4 Å². The van der Waals surface area contributed by atoms with Crippen molar-refractivity contribution in [3.63, 3.8) is 0 Å². The molecule has 2 amide bonds. The summed E-state index contributed by atoms with van der Waals surface area (Å²) < 4.78 is 0.340. The molecule has 3 rings (SSSR count). The lowest BCUT2D eigenvalue weighted by molar-refractivity contribution is -0.119. The number of aromatic amines is 1. The molecule has 0 bridgehead atoms. The predicted octanol–water partition coefficient (Wildman–Crippen LogP) is 1.62. The molecule has 0 saturated carbocycles. The number of nitrogens with one attached hydrogen (secondary N) is 2. The van der Waals surface area contributed by atoms with E-state index in [1.165, 1.54) is 12.4 Å². The van der Waals surface area contributed by atoms with Crippen LogP contribution in [0.1, 0.15) is 16.1 Å². The van der Waals surface area contributed by atoms with Gasteiger partial charge >= 0.3 is 0 Å². The van der Waals surface area contributed by atoms with Crippen molar-refractivity contribution in [1.29, 1.82) is 0 Å². The lowest BCUT2D eigenvalue weighted by Crippen LogP contribution is -2.31. The lowest BCUT2D eigenvalue weighted by atomic mass is 10.1. The van der Waals surface area contributed by atoms with Crippen LogP contribution in [0.15, 0.2) is 18.6 Å². The Morgan fingerprint density at radius 3 is 3.00 bits per heavy atom. The number of carbonyl (C=O) groups is 2. The van der Waals surface area contributed by atoms with E-state index in [0.29, 0.717) is 34.5 Å². The van der Waals surface area contributed by atoms with Gasteiger partial charge in [-0.1, -0.05) is 22.9 Å². The van der Waals surface area contributed by atoms with E-state index in [4.69, 9.17) is 11.6 Å². The van der Waals surface area contributed by atoms with Gasteiger partial charge in [0.1, 0.15) is 4.88 Å². The molecular formula is C12H12ClN5O2S. The standard InChI is InChI=1S/C12H12ClN5O2S/c13-12-14-5-9(21-12)11(20)18-2-1-7(6-18)10(19)17-8-3-15-16-4-8/h3-5,7H,1-2,6H2,(H,15,16)(H,17,19). The van der Waals surface area contributed by atoms with Crippen molar-refractivity contribution in [2.75, 3.05) is 18.4 Å². The van der Waals surface area contributed by atoms with Crippen LogP contribution in [-0.2, 0) is 4.79 Å². The van der Waals surface area contributed by atoms with Gasteiger partial charge < -0.3 is 10.2 Å². The van der Waals surface area contributed by atoms with Crippen LogP contribution in [0.5, 0.6) is 0 Å². The molecule has 1 fully saturated rings. The van der Waals surface area contributed by atoms with Gasteiger partial charge in [-0.15, -0.1) is 0 Å². The second-order valence-electron chi connectivity index (χ2n) is 4.69. The lowest BCUT2D eigenvalue weighted by Gasteiger charge is -2.15. The Hall–Kier alpha value is -1.93. The summed E-state index contributed by atoms with van der Waals surface area (Å²) in [5, 5.41) is 9.16. The molecule has 0 aromatic carbocycles. The molecule has 3 heterocycles. The molecule has 2 aromatic rings. The van der Waals surface area contributed by atoms with Crippen LogP contribution in [0.25, 0.3) is 0 Å². The highest BCUT2D eigenvalue weighted by Crippen LogP contribution is 2.24. The Morgan fingerprint density at radius 1 is 1.48 bits per heavy atom. The zero-order valence-electron chi connectivity index (χ0n) is 10.9. The first-order valence-electron chi connectivity index (χ1n) is 6.34. The smallest absolute Gasteiger partial charge is 0.265 e. The maximum Gasteiger partial charge on any atom is 0.265 e. The van der Waals surface area contributed by atoms with Crippen LogP contribution in [-0.4, -0.2) is 45.0 Å². The van der Waals surface area contributed by atoms with Gasteiger partial charge in [-0.2, -0.15) is 5.10 Å². The number of carbonyl (C=O) groups excluding carboxylic acids is 2. The number of amides is 2. The third-order valence-corrected chi connectivity index (χ3v) is 4.40. The van der Waals surface area contributed by atoms with Gasteiger partial charge in [-0.05, 0) is 6.42 Å². The number of likely N-dealkylation sites (tertiary alicyclic amines) is 1. The largest absolute Gasteiger partial charge is 0.337 e. The van der Waals surface area contributed by atoms with E-state index in [2.05, 4.69) is 20.5 Å². The average Bonchev–Trinajstić information content (AvgIpc) is 3.18. The molecule has 1 saturated heterocycles. The minimum Gasteiger partial charge on any atom is -0.337 e. The quantitative estimate of drug-likeness (QED) is 0.897. The summed E-state index contributed by atoms with van der Waals surface area (Å²) in [5.74, 6) is -0.445. The SMILES string of the molecule is O=C(Nc1cn[nH]c1)C1CCN(C(=O)c2cnc(Cl)s2)C1. The summed E-state index contributed by atoms with van der Waals surface area (Å²) in [6.45, 7) is 0.954. The van der Waals surface area contributed by atoms with Crippen LogP contribution in [0, 0.1) is 5.92 Å². The maximum absolute atomic E-state index is 12.2. The van der Waals surface area contributed by atoms with E-state index >= 15 is 0 Å². The predicted molar refractivity (Wildman–Crippen MR) is 78.4 cm³/mol. The summed E-state index contributed by atoms with van der Waals surface area (Å²) in [6, 6.07) is 0. The molecule has 110 valence electrons. The van der Waals surface area contributed by atoms with Gasteiger partial charge in [0.25, 0.3) is 5.91 Å². The fourth-order valence-corrected chi connectivity index (χ4v) is 3.14. The molecule has 0 aliphatic carbocycles. The molecule has 1 aliphatic rings. The number of anilines is 1. The topological polar surface area (TPSA) is 91.0 Å². The van der Waals surface area contributed by atoms with Crippen molar-refractivity contribution < 1.29 is 9.59 Å². The zero-order valence-corrected chi connectivity index (χ0v) is 12.4. The van der Waals surface area contributed by atoms with Crippen LogP contribution in [0.4, 0.5) is 5.69 Å². The Bertz CT molecular complexity index is 656. The Kier molecular flexibility index (Phi) is 3.89. The molecule has 21 heavy (non-hydrogen) atoms. The van der Waals surface area contributed by atoms with Crippen LogP contribution in [0.3, 0.4) is 0 Å². The molecular weight excluding hydrogens is 314 g/mol. The van der Waals surface area contributed by atoms with E-state index in [1.807, 2.05) is 0 Å². The van der Waals surface area contributed by atoms with E-state index in [9.17, 15) is 9.59 Å². The van der Waals surface area contributed by atoms with Gasteiger partial charge in [0.15, 0.2) is 4.47 Å². The number of nitrogens with zero attached hydrogens (tertiary/aromatic N) is 3. The molecule has 1 aliphatic heterocycles. The summed E-state index contributed by atoms with van der Waals surface area (Å²) in [4.78, 5) is 30.3. The second-order valence-corrected chi connectivity index (χ2v) is 6.30. The Balaban J connectivity index is 1.60. The summed E-state index contributed by atoms with van der Waals surface area (Å²) in [7, 11) is 0. The molecule has 7 nitrogen and oxygen atoms in total. The summed E-state index contributed by atoms with van der Waals surface area (Å²) in [6.07, 6.45) is 5.25. The zero-order chi connectivity index (χ0) is 14.8. The second kappa shape index (κ2) is 5.82. The maximum atomic E-state index is 12.2. The molecule has 1 unspecified atom stereocenters. The third-order valence-electron chi connectivity index (χ3n) is 3.30. The van der Waals surface area contributed by atoms with Gasteiger partial charge in [0, 0.05) is 19.3 Å². The first-order valence-corrected chi connectivity index (χ1v) is 7.53. The number of thiazole rings is 1. The molecule has 9 heteroatoms. The van der Waals surface area contributed by atoms with Gasteiger partial charge in [0.05, 0.1) is 24.0 Å². The van der Waals surface area contributed by atoms with Crippen LogP contribution in [0.2, 0.25) is 4.47 Å². The van der Waals surface area contributed by atoms with Crippen molar-refractivity contribution in [2.45, 2.75) is 6.42 Å².